The van der Waals surface area contributed by atoms with Crippen molar-refractivity contribution in [3.05, 3.63) is 41.7 Å². The first-order chi connectivity index (χ1) is 13.1. The van der Waals surface area contributed by atoms with E-state index in [4.69, 9.17) is 16.3 Å². The van der Waals surface area contributed by atoms with Crippen LogP contribution in [0.3, 0.4) is 0 Å². The predicted molar refractivity (Wildman–Crippen MR) is 105 cm³/mol. The number of hydrogen-bond donors (Lipinski definition) is 0. The van der Waals surface area contributed by atoms with E-state index in [0.717, 1.165) is 23.7 Å². The molecule has 1 aliphatic rings. The minimum absolute atomic E-state index is 0.00893. The molecule has 0 aliphatic carbocycles. The van der Waals surface area contributed by atoms with Gasteiger partial charge in [0.15, 0.2) is 5.16 Å². The Hall–Kier alpha value is -1.99. The minimum Gasteiger partial charge on any atom is -0.466 e. The van der Waals surface area contributed by atoms with Gasteiger partial charge in [-0.3, -0.25) is 14.2 Å². The zero-order chi connectivity index (χ0) is 19.2. The normalized spacial score (nSPS) is 17.0. The molecule has 2 aromatic rings. The molecule has 0 radical (unpaired) electrons. The van der Waals surface area contributed by atoms with E-state index in [9.17, 15) is 9.59 Å². The highest BCUT2D eigenvalue weighted by molar-refractivity contribution is 7.99. The van der Waals surface area contributed by atoms with Gasteiger partial charge in [0.1, 0.15) is 0 Å². The maximum atomic E-state index is 12.6. The molecule has 1 unspecified atom stereocenters. The molecule has 1 atom stereocenters. The molecule has 27 heavy (non-hydrogen) atoms. The third-order valence-electron chi connectivity index (χ3n) is 4.41. The summed E-state index contributed by atoms with van der Waals surface area (Å²) in [5.41, 5.74) is 0.898. The minimum atomic E-state index is -0.221. The zero-order valence-corrected chi connectivity index (χ0v) is 16.7. The number of thioether (sulfide) groups is 1. The van der Waals surface area contributed by atoms with Gasteiger partial charge >= 0.3 is 5.97 Å². The smallest absolute Gasteiger partial charge is 0.310 e. The van der Waals surface area contributed by atoms with Gasteiger partial charge in [-0.1, -0.05) is 29.4 Å². The Morgan fingerprint density at radius 3 is 3.04 bits per heavy atom. The second-order valence-electron chi connectivity index (χ2n) is 6.28. The van der Waals surface area contributed by atoms with Crippen LogP contribution in [0.5, 0.6) is 0 Å². The van der Waals surface area contributed by atoms with Gasteiger partial charge in [-0.25, -0.2) is 4.98 Å². The quantitative estimate of drug-likeness (QED) is 0.542. The molecule has 2 heterocycles. The van der Waals surface area contributed by atoms with Crippen LogP contribution in [-0.2, 0) is 14.3 Å². The predicted octanol–water partition coefficient (Wildman–Crippen LogP) is 3.42. The van der Waals surface area contributed by atoms with Crippen molar-refractivity contribution in [1.82, 2.24) is 14.5 Å². The van der Waals surface area contributed by atoms with Crippen LogP contribution in [0.2, 0.25) is 5.02 Å². The standard InChI is InChI=1S/C19H22ClN3O3S/c1-2-26-18(25)14-5-4-9-22(12-14)17(24)13-27-19-21-8-10-23(19)16-7-3-6-15(20)11-16/h3,6-8,10-11,14H,2,4-5,9,12-13H2,1H3. The maximum absolute atomic E-state index is 12.6. The van der Waals surface area contributed by atoms with E-state index < -0.39 is 0 Å². The van der Waals surface area contributed by atoms with Crippen LogP contribution >= 0.6 is 23.4 Å². The second-order valence-corrected chi connectivity index (χ2v) is 7.66. The first-order valence-corrected chi connectivity index (χ1v) is 10.3. The Morgan fingerprint density at radius 1 is 1.41 bits per heavy atom. The number of ether oxygens (including phenoxy) is 1. The summed E-state index contributed by atoms with van der Waals surface area (Å²) >= 11 is 7.44. The summed E-state index contributed by atoms with van der Waals surface area (Å²) in [6.45, 7) is 3.27. The monoisotopic (exact) mass is 407 g/mol. The number of benzene rings is 1. The lowest BCUT2D eigenvalue weighted by Crippen LogP contribution is -2.43. The summed E-state index contributed by atoms with van der Waals surface area (Å²) in [5.74, 6) is -0.150. The molecule has 0 N–H and O–H groups in total. The van der Waals surface area contributed by atoms with Crippen molar-refractivity contribution in [2.75, 3.05) is 25.4 Å². The largest absolute Gasteiger partial charge is 0.466 e. The first-order valence-electron chi connectivity index (χ1n) is 8.95. The van der Waals surface area contributed by atoms with E-state index in [1.807, 2.05) is 35.0 Å². The van der Waals surface area contributed by atoms with Crippen molar-refractivity contribution < 1.29 is 14.3 Å². The highest BCUT2D eigenvalue weighted by Gasteiger charge is 2.29. The van der Waals surface area contributed by atoms with Crippen molar-refractivity contribution in [2.24, 2.45) is 5.92 Å². The Kier molecular flexibility index (Phi) is 6.79. The lowest BCUT2D eigenvalue weighted by Gasteiger charge is -2.31. The molecule has 1 amide bonds. The number of aromatic nitrogens is 2. The molecule has 0 saturated carbocycles. The number of rotatable bonds is 6. The van der Waals surface area contributed by atoms with Crippen molar-refractivity contribution >= 4 is 35.2 Å². The Labute approximate surface area is 167 Å². The van der Waals surface area contributed by atoms with Crippen LogP contribution in [0.15, 0.2) is 41.8 Å². The molecule has 0 spiro atoms. The lowest BCUT2D eigenvalue weighted by molar-refractivity contribution is -0.151. The molecule has 8 heteroatoms. The van der Waals surface area contributed by atoms with Crippen molar-refractivity contribution in [2.45, 2.75) is 24.9 Å². The summed E-state index contributed by atoms with van der Waals surface area (Å²) in [5, 5.41) is 1.37. The van der Waals surface area contributed by atoms with Crippen molar-refractivity contribution in [3.8, 4) is 5.69 Å². The van der Waals surface area contributed by atoms with Gasteiger partial charge in [-0.15, -0.1) is 0 Å². The third kappa shape index (κ3) is 5.05. The van der Waals surface area contributed by atoms with Gasteiger partial charge in [-0.05, 0) is 38.0 Å². The van der Waals surface area contributed by atoms with Gasteiger partial charge in [0.25, 0.3) is 0 Å². The van der Waals surface area contributed by atoms with Crippen LogP contribution in [0.25, 0.3) is 5.69 Å². The molecular formula is C19H22ClN3O3S. The van der Waals surface area contributed by atoms with Crippen LogP contribution in [0, 0.1) is 5.92 Å². The van der Waals surface area contributed by atoms with Crippen LogP contribution in [0.4, 0.5) is 0 Å². The molecule has 1 aromatic carbocycles. The van der Waals surface area contributed by atoms with E-state index in [0.29, 0.717) is 24.7 Å². The number of amides is 1. The summed E-state index contributed by atoms with van der Waals surface area (Å²) in [4.78, 5) is 30.7. The van der Waals surface area contributed by atoms with Gasteiger partial charge in [0, 0.05) is 36.2 Å². The Balaban J connectivity index is 1.60. The fourth-order valence-electron chi connectivity index (χ4n) is 3.09. The average molecular weight is 408 g/mol. The van der Waals surface area contributed by atoms with Crippen LogP contribution in [-0.4, -0.2) is 51.8 Å². The summed E-state index contributed by atoms with van der Waals surface area (Å²) in [6.07, 6.45) is 5.13. The average Bonchev–Trinajstić information content (AvgIpc) is 3.15. The molecule has 1 aliphatic heterocycles. The highest BCUT2D eigenvalue weighted by atomic mass is 35.5. The van der Waals surface area contributed by atoms with E-state index in [1.165, 1.54) is 11.8 Å². The SMILES string of the molecule is CCOC(=O)C1CCCN(C(=O)CSc2nccn2-c2cccc(Cl)c2)C1. The number of hydrogen-bond acceptors (Lipinski definition) is 5. The van der Waals surface area contributed by atoms with Crippen molar-refractivity contribution in [3.63, 3.8) is 0 Å². The summed E-state index contributed by atoms with van der Waals surface area (Å²) < 4.78 is 7.00. The van der Waals surface area contributed by atoms with Crippen molar-refractivity contribution in [1.29, 1.82) is 0 Å². The molecule has 0 bridgehead atoms. The number of halogens is 1. The highest BCUT2D eigenvalue weighted by Crippen LogP contribution is 2.24. The Morgan fingerprint density at radius 2 is 2.26 bits per heavy atom. The van der Waals surface area contributed by atoms with E-state index in [-0.39, 0.29) is 23.5 Å². The number of carbonyl (C=O) groups is 2. The molecule has 144 valence electrons. The van der Waals surface area contributed by atoms with Gasteiger partial charge in [-0.2, -0.15) is 0 Å². The molecule has 1 aromatic heterocycles. The fourth-order valence-corrected chi connectivity index (χ4v) is 4.15. The van der Waals surface area contributed by atoms with Crippen LogP contribution in [0.1, 0.15) is 19.8 Å². The topological polar surface area (TPSA) is 64.4 Å². The van der Waals surface area contributed by atoms with Gasteiger partial charge in [0.05, 0.1) is 18.3 Å². The molecule has 1 fully saturated rings. The number of carbonyl (C=O) groups excluding carboxylic acids is 2. The number of imidazole rings is 1. The number of nitrogens with zero attached hydrogens (tertiary/aromatic N) is 3. The first kappa shape index (κ1) is 19.8. The third-order valence-corrected chi connectivity index (χ3v) is 5.60. The molecule has 6 nitrogen and oxygen atoms in total. The van der Waals surface area contributed by atoms with E-state index in [2.05, 4.69) is 4.98 Å². The zero-order valence-electron chi connectivity index (χ0n) is 15.1. The fraction of sp³-hybridized carbons (Fsp3) is 0.421. The van der Waals surface area contributed by atoms with Gasteiger partial charge < -0.3 is 9.64 Å². The number of piperidine rings is 1. The summed E-state index contributed by atoms with van der Waals surface area (Å²) in [6, 6.07) is 7.48. The lowest BCUT2D eigenvalue weighted by atomic mass is 9.98. The van der Waals surface area contributed by atoms with Crippen LogP contribution < -0.4 is 0 Å². The molecule has 1 saturated heterocycles. The summed E-state index contributed by atoms with van der Waals surface area (Å²) in [7, 11) is 0. The molecular weight excluding hydrogens is 386 g/mol. The number of esters is 1. The maximum Gasteiger partial charge on any atom is 0.310 e. The van der Waals surface area contributed by atoms with E-state index >= 15 is 0 Å². The molecule has 3 rings (SSSR count). The Bertz CT molecular complexity index is 811. The second kappa shape index (κ2) is 9.28. The van der Waals surface area contributed by atoms with Gasteiger partial charge in [0.2, 0.25) is 5.91 Å². The van der Waals surface area contributed by atoms with E-state index in [1.54, 1.807) is 18.0 Å². The number of likely N-dealkylation sites (tertiary alicyclic amines) is 1.